The first-order chi connectivity index (χ1) is 10.3. The van der Waals surface area contributed by atoms with Crippen molar-refractivity contribution >= 4 is 5.78 Å². The number of carbonyl (C=O) groups excluding carboxylic acids is 1. The Kier molecular flexibility index (Phi) is 3.63. The summed E-state index contributed by atoms with van der Waals surface area (Å²) in [6, 6.07) is 0. The Balaban J connectivity index is 2.15. The van der Waals surface area contributed by atoms with Gasteiger partial charge in [-0.2, -0.15) is 0 Å². The molecular weight excluding hydrogens is 280 g/mol. The van der Waals surface area contributed by atoms with Crippen molar-refractivity contribution < 1.29 is 20.1 Å². The van der Waals surface area contributed by atoms with Crippen molar-refractivity contribution in [2.45, 2.75) is 63.8 Å². The first kappa shape index (κ1) is 15.9. The number of hydrogen-bond donors (Lipinski definition) is 3. The van der Waals surface area contributed by atoms with Gasteiger partial charge in [-0.3, -0.25) is 4.79 Å². The molecular formula is C18H26O4. The average molecular weight is 306 g/mol. The minimum absolute atomic E-state index is 0.135. The summed E-state index contributed by atoms with van der Waals surface area (Å²) in [7, 11) is 0. The largest absolute Gasteiger partial charge is 0.388 e. The highest BCUT2D eigenvalue weighted by Crippen LogP contribution is 2.56. The van der Waals surface area contributed by atoms with E-state index in [0.29, 0.717) is 12.0 Å². The third-order valence-electron chi connectivity index (χ3n) is 6.31. The molecule has 2 unspecified atom stereocenters. The summed E-state index contributed by atoms with van der Waals surface area (Å²) < 4.78 is 0. The number of ketones is 1. The van der Waals surface area contributed by atoms with E-state index in [-0.39, 0.29) is 11.8 Å². The van der Waals surface area contributed by atoms with Crippen molar-refractivity contribution in [2.75, 3.05) is 0 Å². The molecule has 122 valence electrons. The Labute approximate surface area is 131 Å². The predicted molar refractivity (Wildman–Crippen MR) is 83.0 cm³/mol. The monoisotopic (exact) mass is 306 g/mol. The molecule has 5 atom stereocenters. The van der Waals surface area contributed by atoms with Gasteiger partial charge in [0.1, 0.15) is 11.7 Å². The SMILES string of the molecule is C=CC1CCC2=C([C@H](O)C(=O)[C@]3(O)C2CCCC3(C)C)[C@H]1O. The second-order valence-corrected chi connectivity index (χ2v) is 7.73. The summed E-state index contributed by atoms with van der Waals surface area (Å²) in [6.45, 7) is 7.54. The van der Waals surface area contributed by atoms with Gasteiger partial charge in [-0.1, -0.05) is 31.9 Å². The molecule has 3 rings (SSSR count). The maximum atomic E-state index is 12.8. The lowest BCUT2D eigenvalue weighted by Gasteiger charge is -2.56. The Morgan fingerprint density at radius 3 is 2.59 bits per heavy atom. The molecule has 1 fully saturated rings. The number of fused-ring (bicyclic) bond motifs is 2. The van der Waals surface area contributed by atoms with E-state index < -0.39 is 29.0 Å². The van der Waals surface area contributed by atoms with E-state index in [4.69, 9.17) is 0 Å². The molecule has 0 aromatic heterocycles. The lowest BCUT2D eigenvalue weighted by atomic mass is 9.51. The van der Waals surface area contributed by atoms with Crippen molar-refractivity contribution in [1.82, 2.24) is 0 Å². The molecule has 22 heavy (non-hydrogen) atoms. The number of Topliss-reactive ketones (excluding diaryl/α,β-unsaturated/α-hetero) is 1. The normalized spacial score (nSPS) is 44.3. The minimum atomic E-state index is -1.52. The fourth-order valence-corrected chi connectivity index (χ4v) is 4.91. The van der Waals surface area contributed by atoms with E-state index in [1.54, 1.807) is 6.08 Å². The van der Waals surface area contributed by atoms with E-state index in [2.05, 4.69) is 6.58 Å². The highest BCUT2D eigenvalue weighted by molar-refractivity contribution is 5.97. The summed E-state index contributed by atoms with van der Waals surface area (Å²) in [4.78, 5) is 12.8. The number of aliphatic hydroxyl groups is 3. The van der Waals surface area contributed by atoms with Gasteiger partial charge in [0, 0.05) is 17.3 Å². The second kappa shape index (κ2) is 5.02. The van der Waals surface area contributed by atoms with Crippen LogP contribution in [0.2, 0.25) is 0 Å². The van der Waals surface area contributed by atoms with Gasteiger partial charge in [0.05, 0.1) is 6.10 Å². The highest BCUT2D eigenvalue weighted by Gasteiger charge is 2.62. The summed E-state index contributed by atoms with van der Waals surface area (Å²) in [5.41, 5.74) is -0.738. The van der Waals surface area contributed by atoms with Crippen LogP contribution in [0.25, 0.3) is 0 Å². The molecule has 3 aliphatic carbocycles. The van der Waals surface area contributed by atoms with Crippen molar-refractivity contribution in [3.8, 4) is 0 Å². The molecule has 0 heterocycles. The van der Waals surface area contributed by atoms with Gasteiger partial charge < -0.3 is 15.3 Å². The van der Waals surface area contributed by atoms with Crippen LogP contribution in [-0.2, 0) is 4.79 Å². The van der Waals surface area contributed by atoms with Crippen LogP contribution < -0.4 is 0 Å². The molecule has 0 aromatic rings. The minimum Gasteiger partial charge on any atom is -0.388 e. The zero-order valence-electron chi connectivity index (χ0n) is 13.4. The van der Waals surface area contributed by atoms with E-state index in [1.165, 1.54) is 0 Å². The Morgan fingerprint density at radius 2 is 1.95 bits per heavy atom. The number of rotatable bonds is 1. The fourth-order valence-electron chi connectivity index (χ4n) is 4.91. The predicted octanol–water partition coefficient (Wildman–Crippen LogP) is 1.74. The van der Waals surface area contributed by atoms with Gasteiger partial charge in [0.25, 0.3) is 0 Å². The van der Waals surface area contributed by atoms with Crippen LogP contribution in [0.15, 0.2) is 23.8 Å². The third-order valence-corrected chi connectivity index (χ3v) is 6.31. The van der Waals surface area contributed by atoms with Gasteiger partial charge in [0.2, 0.25) is 0 Å². The summed E-state index contributed by atoms with van der Waals surface area (Å²) in [5, 5.41) is 32.3. The number of hydrogen-bond acceptors (Lipinski definition) is 4. The van der Waals surface area contributed by atoms with Crippen LogP contribution >= 0.6 is 0 Å². The molecule has 4 heteroatoms. The maximum Gasteiger partial charge on any atom is 0.198 e. The van der Waals surface area contributed by atoms with Gasteiger partial charge in [-0.25, -0.2) is 0 Å². The van der Waals surface area contributed by atoms with Crippen LogP contribution in [0.1, 0.15) is 46.0 Å². The zero-order valence-corrected chi connectivity index (χ0v) is 13.4. The van der Waals surface area contributed by atoms with Crippen molar-refractivity contribution in [3.05, 3.63) is 23.8 Å². The standard InChI is InChI=1S/C18H26O4/c1-4-10-7-8-11-12-6-5-9-17(2,3)18(12,22)16(21)15(20)13(11)14(10)19/h4,10,12,14-15,19-20,22H,1,5-9H2,2-3H3/t10?,12?,14-,15-,18+/m0/s1. The van der Waals surface area contributed by atoms with Crippen LogP contribution in [0.4, 0.5) is 0 Å². The average Bonchev–Trinajstić information content (AvgIpc) is 2.47. The molecule has 0 aromatic carbocycles. The fraction of sp³-hybridized carbons (Fsp3) is 0.722. The van der Waals surface area contributed by atoms with Gasteiger partial charge in [0.15, 0.2) is 5.78 Å². The zero-order chi connectivity index (χ0) is 16.3. The topological polar surface area (TPSA) is 77.8 Å². The summed E-state index contributed by atoms with van der Waals surface area (Å²) >= 11 is 0. The van der Waals surface area contributed by atoms with E-state index in [0.717, 1.165) is 31.3 Å². The second-order valence-electron chi connectivity index (χ2n) is 7.73. The van der Waals surface area contributed by atoms with Crippen LogP contribution in [0.5, 0.6) is 0 Å². The maximum absolute atomic E-state index is 12.8. The molecule has 0 bridgehead atoms. The Bertz CT molecular complexity index is 547. The summed E-state index contributed by atoms with van der Waals surface area (Å²) in [6.07, 6.45) is 3.33. The third kappa shape index (κ3) is 1.84. The molecule has 0 spiro atoms. The molecule has 0 saturated heterocycles. The van der Waals surface area contributed by atoms with E-state index in [9.17, 15) is 20.1 Å². The smallest absolute Gasteiger partial charge is 0.198 e. The van der Waals surface area contributed by atoms with Gasteiger partial charge in [-0.15, -0.1) is 6.58 Å². The van der Waals surface area contributed by atoms with Crippen LogP contribution in [0.3, 0.4) is 0 Å². The molecule has 3 N–H and O–H groups in total. The highest BCUT2D eigenvalue weighted by atomic mass is 16.3. The lowest BCUT2D eigenvalue weighted by molar-refractivity contribution is -0.179. The van der Waals surface area contributed by atoms with Crippen LogP contribution in [0, 0.1) is 17.3 Å². The molecule has 3 aliphatic rings. The first-order valence-corrected chi connectivity index (χ1v) is 8.24. The van der Waals surface area contributed by atoms with Crippen molar-refractivity contribution in [3.63, 3.8) is 0 Å². The molecule has 0 amide bonds. The molecule has 0 radical (unpaired) electrons. The lowest BCUT2D eigenvalue weighted by Crippen LogP contribution is -2.66. The first-order valence-electron chi connectivity index (χ1n) is 8.24. The van der Waals surface area contributed by atoms with Gasteiger partial charge >= 0.3 is 0 Å². The van der Waals surface area contributed by atoms with Crippen molar-refractivity contribution in [2.24, 2.45) is 17.3 Å². The summed E-state index contributed by atoms with van der Waals surface area (Å²) in [5.74, 6) is -0.948. The van der Waals surface area contributed by atoms with E-state index in [1.807, 2.05) is 13.8 Å². The molecule has 0 aliphatic heterocycles. The van der Waals surface area contributed by atoms with E-state index >= 15 is 0 Å². The van der Waals surface area contributed by atoms with Crippen molar-refractivity contribution in [1.29, 1.82) is 0 Å². The Hall–Kier alpha value is -0.970. The quantitative estimate of drug-likeness (QED) is 0.645. The molecule has 1 saturated carbocycles. The molecule has 4 nitrogen and oxygen atoms in total. The van der Waals surface area contributed by atoms with Gasteiger partial charge in [-0.05, 0) is 31.3 Å². The van der Waals surface area contributed by atoms with Crippen LogP contribution in [-0.4, -0.2) is 38.9 Å². The Morgan fingerprint density at radius 1 is 1.27 bits per heavy atom. The number of aliphatic hydroxyl groups excluding tert-OH is 2. The number of carbonyl (C=O) groups is 1.